The van der Waals surface area contributed by atoms with Crippen LogP contribution < -0.4 is 5.73 Å². The molecule has 0 saturated heterocycles. The van der Waals surface area contributed by atoms with Gasteiger partial charge in [0.15, 0.2) is 0 Å². The highest BCUT2D eigenvalue weighted by molar-refractivity contribution is 9.10. The van der Waals surface area contributed by atoms with E-state index in [4.69, 9.17) is 10.8 Å². The van der Waals surface area contributed by atoms with Crippen LogP contribution in [0, 0.1) is 5.41 Å². The van der Waals surface area contributed by atoms with E-state index in [2.05, 4.69) is 15.9 Å². The summed E-state index contributed by atoms with van der Waals surface area (Å²) in [6.45, 7) is 0. The summed E-state index contributed by atoms with van der Waals surface area (Å²) in [5, 5.41) is 9.11. The van der Waals surface area contributed by atoms with E-state index in [-0.39, 0.29) is 0 Å². The number of hydrogen-bond donors (Lipinski definition) is 2. The van der Waals surface area contributed by atoms with Crippen LogP contribution in [0.2, 0.25) is 0 Å². The lowest BCUT2D eigenvalue weighted by atomic mass is 9.91. The van der Waals surface area contributed by atoms with Crippen molar-refractivity contribution in [3.63, 3.8) is 0 Å². The predicted molar refractivity (Wildman–Crippen MR) is 60.4 cm³/mol. The van der Waals surface area contributed by atoms with Gasteiger partial charge in [0, 0.05) is 10.5 Å². The largest absolute Gasteiger partial charge is 0.481 e. The van der Waals surface area contributed by atoms with Crippen LogP contribution in [0.3, 0.4) is 0 Å². The average Bonchev–Trinajstić information content (AvgIpc) is 2.97. The Hall–Kier alpha value is -0.870. The van der Waals surface area contributed by atoms with Crippen molar-refractivity contribution < 1.29 is 9.90 Å². The van der Waals surface area contributed by atoms with Gasteiger partial charge in [0.05, 0.1) is 5.41 Å². The molecular weight excluding hydrogens is 258 g/mol. The first-order valence-corrected chi connectivity index (χ1v) is 5.60. The van der Waals surface area contributed by atoms with E-state index in [0.29, 0.717) is 12.8 Å². The second-order valence-electron chi connectivity index (χ2n) is 3.99. The highest BCUT2D eigenvalue weighted by Gasteiger charge is 2.55. The molecule has 1 aliphatic rings. The van der Waals surface area contributed by atoms with Gasteiger partial charge in [0.1, 0.15) is 0 Å². The van der Waals surface area contributed by atoms with Gasteiger partial charge in [0.25, 0.3) is 0 Å². The smallest absolute Gasteiger partial charge is 0.311 e. The molecule has 3 N–H and O–H groups in total. The number of rotatable bonds is 3. The van der Waals surface area contributed by atoms with Crippen molar-refractivity contribution in [3.05, 3.63) is 34.3 Å². The van der Waals surface area contributed by atoms with Crippen molar-refractivity contribution in [1.29, 1.82) is 0 Å². The third-order valence-electron chi connectivity index (χ3n) is 3.02. The van der Waals surface area contributed by atoms with E-state index in [0.717, 1.165) is 10.0 Å². The fourth-order valence-corrected chi connectivity index (χ4v) is 2.23. The minimum atomic E-state index is -0.782. The van der Waals surface area contributed by atoms with Crippen LogP contribution >= 0.6 is 15.9 Å². The molecule has 1 aliphatic carbocycles. The number of aliphatic carboxylic acids is 1. The van der Waals surface area contributed by atoms with Gasteiger partial charge >= 0.3 is 5.97 Å². The summed E-state index contributed by atoms with van der Waals surface area (Å²) < 4.78 is 0.927. The quantitative estimate of drug-likeness (QED) is 0.885. The first kappa shape index (κ1) is 10.6. The minimum absolute atomic E-state index is 0.410. The van der Waals surface area contributed by atoms with Gasteiger partial charge in [-0.3, -0.25) is 4.79 Å². The highest BCUT2D eigenvalue weighted by Crippen LogP contribution is 2.54. The molecule has 0 heterocycles. The molecule has 0 amide bonds. The number of carbonyl (C=O) groups is 1. The average molecular weight is 270 g/mol. The number of carboxylic acid groups (broad SMARTS) is 1. The van der Waals surface area contributed by atoms with Crippen LogP contribution in [0.15, 0.2) is 28.7 Å². The fraction of sp³-hybridized carbons (Fsp3) is 0.364. The fourth-order valence-electron chi connectivity index (χ4n) is 1.81. The molecule has 1 aromatic carbocycles. The van der Waals surface area contributed by atoms with Gasteiger partial charge in [-0.15, -0.1) is 0 Å². The lowest BCUT2D eigenvalue weighted by molar-refractivity contribution is -0.144. The number of carboxylic acids is 1. The molecule has 1 atom stereocenters. The van der Waals surface area contributed by atoms with Crippen molar-refractivity contribution in [2.24, 2.45) is 11.1 Å². The summed E-state index contributed by atoms with van der Waals surface area (Å²) in [5.74, 6) is -0.782. The highest BCUT2D eigenvalue weighted by atomic mass is 79.9. The zero-order valence-electron chi connectivity index (χ0n) is 8.11. The van der Waals surface area contributed by atoms with Crippen molar-refractivity contribution in [2.45, 2.75) is 18.9 Å². The van der Waals surface area contributed by atoms with Gasteiger partial charge in [0.2, 0.25) is 0 Å². The van der Waals surface area contributed by atoms with E-state index in [1.165, 1.54) is 0 Å². The lowest BCUT2D eigenvalue weighted by Gasteiger charge is -2.19. The normalized spacial score (nSPS) is 19.6. The first-order chi connectivity index (χ1) is 7.06. The second kappa shape index (κ2) is 3.61. The molecule has 2 rings (SSSR count). The minimum Gasteiger partial charge on any atom is -0.481 e. The van der Waals surface area contributed by atoms with Crippen LogP contribution in [0.25, 0.3) is 0 Å². The van der Waals surface area contributed by atoms with Gasteiger partial charge < -0.3 is 10.8 Å². The number of halogens is 1. The van der Waals surface area contributed by atoms with E-state index < -0.39 is 17.4 Å². The molecule has 0 radical (unpaired) electrons. The van der Waals surface area contributed by atoms with Crippen LogP contribution in [0.5, 0.6) is 0 Å². The second-order valence-corrected chi connectivity index (χ2v) is 4.91. The van der Waals surface area contributed by atoms with Gasteiger partial charge in [-0.2, -0.15) is 0 Å². The van der Waals surface area contributed by atoms with Crippen molar-refractivity contribution in [3.8, 4) is 0 Å². The standard InChI is InChI=1S/C11H12BrNO2/c12-8-3-1-2-7(6-8)9(13)11(4-5-11)10(14)15/h1-3,6,9H,4-5,13H2,(H,14,15). The van der Waals surface area contributed by atoms with Gasteiger partial charge in [-0.25, -0.2) is 0 Å². The molecule has 0 bridgehead atoms. The van der Waals surface area contributed by atoms with Crippen molar-refractivity contribution >= 4 is 21.9 Å². The monoisotopic (exact) mass is 269 g/mol. The molecule has 80 valence electrons. The van der Waals surface area contributed by atoms with E-state index in [1.54, 1.807) is 0 Å². The molecule has 0 aliphatic heterocycles. The van der Waals surface area contributed by atoms with E-state index >= 15 is 0 Å². The summed E-state index contributed by atoms with van der Waals surface area (Å²) in [6.07, 6.45) is 1.35. The molecule has 15 heavy (non-hydrogen) atoms. The first-order valence-electron chi connectivity index (χ1n) is 4.81. The molecule has 1 unspecified atom stereocenters. The van der Waals surface area contributed by atoms with Gasteiger partial charge in [-0.1, -0.05) is 28.1 Å². The number of hydrogen-bond acceptors (Lipinski definition) is 2. The summed E-state index contributed by atoms with van der Waals surface area (Å²) in [4.78, 5) is 11.1. The van der Waals surface area contributed by atoms with Crippen molar-refractivity contribution in [2.75, 3.05) is 0 Å². The van der Waals surface area contributed by atoms with Crippen LogP contribution in [0.1, 0.15) is 24.4 Å². The molecule has 1 aromatic rings. The Morgan fingerprint density at radius 2 is 2.20 bits per heavy atom. The zero-order valence-corrected chi connectivity index (χ0v) is 9.70. The van der Waals surface area contributed by atoms with Gasteiger partial charge in [-0.05, 0) is 30.5 Å². The Kier molecular flexibility index (Phi) is 2.56. The van der Waals surface area contributed by atoms with E-state index in [9.17, 15) is 4.79 Å². The summed E-state index contributed by atoms with van der Waals surface area (Å²) in [5.41, 5.74) is 6.16. The molecule has 0 spiro atoms. The maximum Gasteiger partial charge on any atom is 0.311 e. The SMILES string of the molecule is NC(c1cccc(Br)c1)C1(C(=O)O)CC1. The Morgan fingerprint density at radius 3 is 2.67 bits per heavy atom. The molecule has 0 aromatic heterocycles. The summed E-state index contributed by atoms with van der Waals surface area (Å²) in [7, 11) is 0. The van der Waals surface area contributed by atoms with E-state index in [1.807, 2.05) is 24.3 Å². The Bertz CT molecular complexity index is 401. The molecule has 1 saturated carbocycles. The summed E-state index contributed by atoms with van der Waals surface area (Å²) >= 11 is 3.35. The Balaban J connectivity index is 2.29. The van der Waals surface area contributed by atoms with Crippen molar-refractivity contribution in [1.82, 2.24) is 0 Å². The third-order valence-corrected chi connectivity index (χ3v) is 3.51. The summed E-state index contributed by atoms with van der Waals surface area (Å²) in [6, 6.07) is 7.12. The van der Waals surface area contributed by atoms with Crippen LogP contribution in [0.4, 0.5) is 0 Å². The number of benzene rings is 1. The lowest BCUT2D eigenvalue weighted by Crippen LogP contribution is -2.29. The van der Waals surface area contributed by atoms with Crippen LogP contribution in [-0.2, 0) is 4.79 Å². The molecular formula is C11H12BrNO2. The molecule has 4 heteroatoms. The topological polar surface area (TPSA) is 63.3 Å². The third kappa shape index (κ3) is 1.79. The molecule has 3 nitrogen and oxygen atoms in total. The Labute approximate surface area is 96.4 Å². The predicted octanol–water partition coefficient (Wildman–Crippen LogP) is 2.31. The van der Waals surface area contributed by atoms with Crippen LogP contribution in [-0.4, -0.2) is 11.1 Å². The Morgan fingerprint density at radius 1 is 1.53 bits per heavy atom. The molecule has 1 fully saturated rings. The maximum absolute atomic E-state index is 11.1. The number of nitrogens with two attached hydrogens (primary N) is 1. The zero-order chi connectivity index (χ0) is 11.1. The maximum atomic E-state index is 11.1.